The highest BCUT2D eigenvalue weighted by molar-refractivity contribution is 6.29. The minimum Gasteiger partial charge on any atom is -0.462 e. The predicted octanol–water partition coefficient (Wildman–Crippen LogP) is 0.852. The van der Waals surface area contributed by atoms with E-state index in [2.05, 4.69) is 10.3 Å². The maximum Gasteiger partial charge on any atom is 0.341 e. The molecule has 2 rings (SSSR count). The van der Waals surface area contributed by atoms with Gasteiger partial charge in [-0.1, -0.05) is 11.6 Å². The Morgan fingerprint density at radius 1 is 1.68 bits per heavy atom. The fraction of sp³-hybridized carbons (Fsp3) is 0.500. The third-order valence-electron chi connectivity index (χ3n) is 2.80. The fourth-order valence-electron chi connectivity index (χ4n) is 1.78. The number of carbonyl (C=O) groups is 1. The Bertz CT molecular complexity index is 450. The summed E-state index contributed by atoms with van der Waals surface area (Å²) in [6, 6.07) is 1.42. The maximum atomic E-state index is 11.8. The number of pyridine rings is 1. The number of hydrogen-bond acceptors (Lipinski definition) is 6. The molecule has 0 aliphatic carbocycles. The SMILES string of the molecule is Nc1cc(Cl)ncc1C(=O)OCCC1CNCCO1. The van der Waals surface area contributed by atoms with Crippen LogP contribution in [0.4, 0.5) is 5.69 Å². The molecule has 6 nitrogen and oxygen atoms in total. The summed E-state index contributed by atoms with van der Waals surface area (Å²) in [5, 5.41) is 3.46. The van der Waals surface area contributed by atoms with E-state index in [1.165, 1.54) is 12.3 Å². The summed E-state index contributed by atoms with van der Waals surface area (Å²) in [5.41, 5.74) is 6.17. The van der Waals surface area contributed by atoms with Gasteiger partial charge in [-0.25, -0.2) is 9.78 Å². The molecule has 104 valence electrons. The van der Waals surface area contributed by atoms with Gasteiger partial charge in [0.25, 0.3) is 0 Å². The smallest absolute Gasteiger partial charge is 0.341 e. The van der Waals surface area contributed by atoms with Crippen molar-refractivity contribution in [3.63, 3.8) is 0 Å². The topological polar surface area (TPSA) is 86.5 Å². The van der Waals surface area contributed by atoms with E-state index in [1.54, 1.807) is 0 Å². The lowest BCUT2D eigenvalue weighted by molar-refractivity contribution is 0.00508. The number of hydrogen-bond donors (Lipinski definition) is 2. The number of nitrogen functional groups attached to an aromatic ring is 1. The first-order chi connectivity index (χ1) is 9.16. The maximum absolute atomic E-state index is 11.8. The second-order valence-electron chi connectivity index (χ2n) is 4.22. The van der Waals surface area contributed by atoms with Gasteiger partial charge in [0, 0.05) is 25.7 Å². The second kappa shape index (κ2) is 6.70. The lowest BCUT2D eigenvalue weighted by Gasteiger charge is -2.23. The first-order valence-electron chi connectivity index (χ1n) is 6.07. The number of nitrogens with zero attached hydrogens (tertiary/aromatic N) is 1. The number of halogens is 1. The van der Waals surface area contributed by atoms with Gasteiger partial charge in [-0.15, -0.1) is 0 Å². The number of nitrogens with one attached hydrogen (secondary N) is 1. The first kappa shape index (κ1) is 14.0. The molecule has 1 unspecified atom stereocenters. The fourth-order valence-corrected chi connectivity index (χ4v) is 1.95. The number of esters is 1. The standard InChI is InChI=1S/C12H16ClN3O3/c13-11-5-10(14)9(7-16-11)12(17)19-3-1-8-6-15-2-4-18-8/h5,7-8,15H,1-4,6H2,(H2,14,16). The Kier molecular flexibility index (Phi) is 4.95. The van der Waals surface area contributed by atoms with E-state index in [4.69, 9.17) is 26.8 Å². The molecule has 1 atom stereocenters. The lowest BCUT2D eigenvalue weighted by Crippen LogP contribution is -2.39. The Balaban J connectivity index is 1.80. The summed E-state index contributed by atoms with van der Waals surface area (Å²) in [7, 11) is 0. The summed E-state index contributed by atoms with van der Waals surface area (Å²) < 4.78 is 10.6. The van der Waals surface area contributed by atoms with Gasteiger partial charge in [-0.05, 0) is 6.07 Å². The average Bonchev–Trinajstić information content (AvgIpc) is 2.39. The molecule has 0 amide bonds. The number of morpholine rings is 1. The Morgan fingerprint density at radius 2 is 2.53 bits per heavy atom. The van der Waals surface area contributed by atoms with Gasteiger partial charge >= 0.3 is 5.97 Å². The quantitative estimate of drug-likeness (QED) is 0.630. The van der Waals surface area contributed by atoms with E-state index in [1.807, 2.05) is 0 Å². The molecule has 7 heteroatoms. The van der Waals surface area contributed by atoms with Crippen LogP contribution >= 0.6 is 11.6 Å². The molecule has 1 aliphatic heterocycles. The number of carbonyl (C=O) groups excluding carboxylic acids is 1. The molecule has 1 aliphatic rings. The monoisotopic (exact) mass is 285 g/mol. The molecular weight excluding hydrogens is 270 g/mol. The van der Waals surface area contributed by atoms with Crippen LogP contribution in [0, 0.1) is 0 Å². The largest absolute Gasteiger partial charge is 0.462 e. The molecule has 0 spiro atoms. The highest BCUT2D eigenvalue weighted by Gasteiger charge is 2.16. The average molecular weight is 286 g/mol. The van der Waals surface area contributed by atoms with E-state index < -0.39 is 5.97 Å². The van der Waals surface area contributed by atoms with E-state index in [0.717, 1.165) is 13.1 Å². The van der Waals surface area contributed by atoms with Crippen molar-refractivity contribution >= 4 is 23.3 Å². The van der Waals surface area contributed by atoms with Crippen LogP contribution in [0.1, 0.15) is 16.8 Å². The van der Waals surface area contributed by atoms with Crippen molar-refractivity contribution in [2.75, 3.05) is 32.0 Å². The van der Waals surface area contributed by atoms with Crippen LogP contribution in [0.3, 0.4) is 0 Å². The summed E-state index contributed by atoms with van der Waals surface area (Å²) in [6.07, 6.45) is 2.06. The number of aromatic nitrogens is 1. The molecule has 0 radical (unpaired) electrons. The van der Waals surface area contributed by atoms with Gasteiger partial charge in [0.05, 0.1) is 25.0 Å². The van der Waals surface area contributed by atoms with Crippen LogP contribution < -0.4 is 11.1 Å². The molecule has 1 saturated heterocycles. The van der Waals surface area contributed by atoms with Gasteiger partial charge in [-0.3, -0.25) is 0 Å². The van der Waals surface area contributed by atoms with Gasteiger partial charge in [0.2, 0.25) is 0 Å². The third-order valence-corrected chi connectivity index (χ3v) is 3.01. The summed E-state index contributed by atoms with van der Waals surface area (Å²) in [5.74, 6) is -0.495. The molecule has 2 heterocycles. The zero-order chi connectivity index (χ0) is 13.7. The van der Waals surface area contributed by atoms with Crippen LogP contribution in [0.5, 0.6) is 0 Å². The Morgan fingerprint density at radius 3 is 3.21 bits per heavy atom. The van der Waals surface area contributed by atoms with E-state index in [-0.39, 0.29) is 29.1 Å². The van der Waals surface area contributed by atoms with Gasteiger partial charge in [-0.2, -0.15) is 0 Å². The highest BCUT2D eigenvalue weighted by atomic mass is 35.5. The Labute approximate surface area is 116 Å². The van der Waals surface area contributed by atoms with Gasteiger partial charge in [0.15, 0.2) is 0 Å². The number of nitrogens with two attached hydrogens (primary N) is 1. The normalized spacial score (nSPS) is 19.1. The minimum atomic E-state index is -0.495. The molecule has 1 fully saturated rings. The van der Waals surface area contributed by atoms with Crippen LogP contribution in [0.25, 0.3) is 0 Å². The molecular formula is C12H16ClN3O3. The first-order valence-corrected chi connectivity index (χ1v) is 6.45. The molecule has 1 aromatic rings. The van der Waals surface area contributed by atoms with E-state index in [9.17, 15) is 4.79 Å². The van der Waals surface area contributed by atoms with Crippen molar-refractivity contribution in [1.82, 2.24) is 10.3 Å². The summed E-state index contributed by atoms with van der Waals surface area (Å²) in [4.78, 5) is 15.6. The zero-order valence-electron chi connectivity index (χ0n) is 10.4. The lowest BCUT2D eigenvalue weighted by atomic mass is 10.2. The molecule has 19 heavy (non-hydrogen) atoms. The highest BCUT2D eigenvalue weighted by Crippen LogP contribution is 2.16. The van der Waals surface area contributed by atoms with E-state index >= 15 is 0 Å². The van der Waals surface area contributed by atoms with Crippen LogP contribution in [0.15, 0.2) is 12.3 Å². The van der Waals surface area contributed by atoms with Crippen LogP contribution in [-0.4, -0.2) is 43.4 Å². The predicted molar refractivity (Wildman–Crippen MR) is 71.2 cm³/mol. The summed E-state index contributed by atoms with van der Waals surface area (Å²) >= 11 is 5.66. The molecule has 0 aromatic carbocycles. The zero-order valence-corrected chi connectivity index (χ0v) is 11.2. The van der Waals surface area contributed by atoms with E-state index in [0.29, 0.717) is 13.0 Å². The second-order valence-corrected chi connectivity index (χ2v) is 4.60. The molecule has 1 aromatic heterocycles. The summed E-state index contributed by atoms with van der Waals surface area (Å²) in [6.45, 7) is 2.62. The van der Waals surface area contributed by atoms with Gasteiger partial charge < -0.3 is 20.5 Å². The molecule has 0 saturated carbocycles. The van der Waals surface area contributed by atoms with Crippen molar-refractivity contribution in [1.29, 1.82) is 0 Å². The molecule has 0 bridgehead atoms. The number of rotatable bonds is 4. The van der Waals surface area contributed by atoms with Crippen molar-refractivity contribution in [2.24, 2.45) is 0 Å². The molecule has 3 N–H and O–H groups in total. The van der Waals surface area contributed by atoms with Crippen molar-refractivity contribution < 1.29 is 14.3 Å². The van der Waals surface area contributed by atoms with Crippen molar-refractivity contribution in [3.8, 4) is 0 Å². The Hall–Kier alpha value is -1.37. The minimum absolute atomic E-state index is 0.0854. The van der Waals surface area contributed by atoms with Crippen molar-refractivity contribution in [2.45, 2.75) is 12.5 Å². The van der Waals surface area contributed by atoms with Crippen molar-refractivity contribution in [3.05, 3.63) is 23.0 Å². The number of anilines is 1. The number of ether oxygens (including phenoxy) is 2. The van der Waals surface area contributed by atoms with Crippen LogP contribution in [0.2, 0.25) is 5.15 Å². The van der Waals surface area contributed by atoms with Gasteiger partial charge in [0.1, 0.15) is 10.7 Å². The third kappa shape index (κ3) is 4.05. The van der Waals surface area contributed by atoms with Crippen LogP contribution in [-0.2, 0) is 9.47 Å².